The van der Waals surface area contributed by atoms with E-state index in [-0.39, 0.29) is 11.9 Å². The van der Waals surface area contributed by atoms with Crippen molar-refractivity contribution in [2.75, 3.05) is 12.3 Å². The molecule has 6 heteroatoms. The third kappa shape index (κ3) is 3.65. The molecule has 0 saturated carbocycles. The summed E-state index contributed by atoms with van der Waals surface area (Å²) >= 11 is 0. The molecular formula is C21H21N5O. The number of nitrogens with two attached hydrogens (primary N) is 1. The summed E-state index contributed by atoms with van der Waals surface area (Å²) in [7, 11) is 0. The van der Waals surface area contributed by atoms with Gasteiger partial charge in [-0.05, 0) is 43.5 Å². The number of nitrogens with zero attached hydrogens (tertiary/aromatic N) is 4. The van der Waals surface area contributed by atoms with Gasteiger partial charge in [0, 0.05) is 23.9 Å². The first-order valence-corrected chi connectivity index (χ1v) is 9.12. The van der Waals surface area contributed by atoms with Gasteiger partial charge in [0.25, 0.3) is 5.91 Å². The third-order valence-electron chi connectivity index (χ3n) is 4.85. The predicted molar refractivity (Wildman–Crippen MR) is 104 cm³/mol. The van der Waals surface area contributed by atoms with Gasteiger partial charge in [0.1, 0.15) is 5.82 Å². The molecule has 0 bridgehead atoms. The van der Waals surface area contributed by atoms with Crippen molar-refractivity contribution in [3.05, 3.63) is 72.3 Å². The summed E-state index contributed by atoms with van der Waals surface area (Å²) in [6.07, 6.45) is 7.98. The molecule has 4 rings (SSSR count). The number of rotatable bonds is 3. The normalized spacial score (nSPS) is 16.9. The van der Waals surface area contributed by atoms with Gasteiger partial charge in [-0.3, -0.25) is 14.8 Å². The summed E-state index contributed by atoms with van der Waals surface area (Å²) in [6.45, 7) is 0.738. The van der Waals surface area contributed by atoms with Crippen LogP contribution >= 0.6 is 0 Å². The van der Waals surface area contributed by atoms with E-state index in [4.69, 9.17) is 5.73 Å². The predicted octanol–water partition coefficient (Wildman–Crippen LogP) is 3.49. The summed E-state index contributed by atoms with van der Waals surface area (Å²) in [5, 5.41) is 0. The van der Waals surface area contributed by atoms with Crippen LogP contribution in [0.15, 0.2) is 61.1 Å². The van der Waals surface area contributed by atoms with Crippen molar-refractivity contribution in [3.63, 3.8) is 0 Å². The molecule has 2 N–H and O–H groups in total. The van der Waals surface area contributed by atoms with Gasteiger partial charge in [-0.1, -0.05) is 18.2 Å². The molecule has 1 aliphatic rings. The summed E-state index contributed by atoms with van der Waals surface area (Å²) < 4.78 is 0. The number of carbonyl (C=O) groups excluding carboxylic acids is 1. The van der Waals surface area contributed by atoms with Crippen LogP contribution in [0.5, 0.6) is 0 Å². The Morgan fingerprint density at radius 2 is 2.04 bits per heavy atom. The molecule has 0 aliphatic carbocycles. The van der Waals surface area contributed by atoms with Crippen LogP contribution in [0.3, 0.4) is 0 Å². The van der Waals surface area contributed by atoms with E-state index in [1.807, 2.05) is 47.4 Å². The average Bonchev–Trinajstić information content (AvgIpc) is 2.74. The lowest BCUT2D eigenvalue weighted by atomic mass is 9.97. The fourth-order valence-electron chi connectivity index (χ4n) is 3.55. The first-order valence-electron chi connectivity index (χ1n) is 9.12. The van der Waals surface area contributed by atoms with E-state index >= 15 is 0 Å². The van der Waals surface area contributed by atoms with Crippen molar-refractivity contribution in [1.29, 1.82) is 0 Å². The average molecular weight is 359 g/mol. The zero-order valence-electron chi connectivity index (χ0n) is 15.0. The van der Waals surface area contributed by atoms with Gasteiger partial charge in [-0.15, -0.1) is 0 Å². The van der Waals surface area contributed by atoms with Crippen LogP contribution in [-0.2, 0) is 0 Å². The van der Waals surface area contributed by atoms with Crippen molar-refractivity contribution in [2.45, 2.75) is 25.3 Å². The molecule has 1 saturated heterocycles. The molecule has 1 aliphatic heterocycles. The van der Waals surface area contributed by atoms with E-state index in [0.29, 0.717) is 17.1 Å². The quantitative estimate of drug-likeness (QED) is 0.774. The molecule has 3 heterocycles. The first kappa shape index (κ1) is 17.1. The number of benzene rings is 1. The smallest absolute Gasteiger partial charge is 0.254 e. The number of piperidine rings is 1. The van der Waals surface area contributed by atoms with Crippen molar-refractivity contribution in [2.24, 2.45) is 0 Å². The Morgan fingerprint density at radius 3 is 2.85 bits per heavy atom. The lowest BCUT2D eigenvalue weighted by Gasteiger charge is -2.35. The number of hydrogen-bond donors (Lipinski definition) is 1. The number of nitrogen functional groups attached to an aromatic ring is 1. The number of carbonyl (C=O) groups is 1. The van der Waals surface area contributed by atoms with Crippen LogP contribution in [0, 0.1) is 0 Å². The highest BCUT2D eigenvalue weighted by atomic mass is 16.2. The molecule has 27 heavy (non-hydrogen) atoms. The second-order valence-electron chi connectivity index (χ2n) is 6.67. The number of pyridine rings is 1. The molecule has 1 amide bonds. The zero-order chi connectivity index (χ0) is 18.6. The van der Waals surface area contributed by atoms with Crippen molar-refractivity contribution in [1.82, 2.24) is 19.9 Å². The SMILES string of the molecule is Nc1cncc(-c2cccc(C(=O)N3CCCCC3c3ccccn3)c2)n1. The molecule has 0 radical (unpaired) electrons. The fraction of sp³-hybridized carbons (Fsp3) is 0.238. The van der Waals surface area contributed by atoms with Crippen molar-refractivity contribution in [3.8, 4) is 11.3 Å². The minimum Gasteiger partial charge on any atom is -0.382 e. The van der Waals surface area contributed by atoms with Gasteiger partial charge in [0.2, 0.25) is 0 Å². The van der Waals surface area contributed by atoms with Crippen LogP contribution in [0.25, 0.3) is 11.3 Å². The van der Waals surface area contributed by atoms with E-state index in [1.165, 1.54) is 6.20 Å². The number of aromatic nitrogens is 3. The lowest BCUT2D eigenvalue weighted by Crippen LogP contribution is -2.38. The Labute approximate surface area is 158 Å². The van der Waals surface area contributed by atoms with Crippen LogP contribution in [0.2, 0.25) is 0 Å². The summed E-state index contributed by atoms with van der Waals surface area (Å²) in [5.41, 5.74) is 8.81. The van der Waals surface area contributed by atoms with E-state index in [2.05, 4.69) is 15.0 Å². The number of likely N-dealkylation sites (tertiary alicyclic amines) is 1. The molecule has 1 unspecified atom stereocenters. The molecular weight excluding hydrogens is 338 g/mol. The number of anilines is 1. The second-order valence-corrected chi connectivity index (χ2v) is 6.67. The van der Waals surface area contributed by atoms with Gasteiger partial charge in [0.05, 0.1) is 29.8 Å². The van der Waals surface area contributed by atoms with Crippen molar-refractivity contribution >= 4 is 11.7 Å². The largest absolute Gasteiger partial charge is 0.382 e. The Bertz CT molecular complexity index is 944. The van der Waals surface area contributed by atoms with Crippen LogP contribution in [0.4, 0.5) is 5.82 Å². The lowest BCUT2D eigenvalue weighted by molar-refractivity contribution is 0.0606. The van der Waals surface area contributed by atoms with Crippen LogP contribution in [0.1, 0.15) is 41.4 Å². The van der Waals surface area contributed by atoms with Crippen LogP contribution < -0.4 is 5.73 Å². The number of amides is 1. The van der Waals surface area contributed by atoms with E-state index in [9.17, 15) is 4.79 Å². The maximum absolute atomic E-state index is 13.3. The standard InChI is InChI=1S/C21H21N5O/c22-20-14-23-13-18(25-20)15-6-5-7-16(12-15)21(27)26-11-4-2-9-19(26)17-8-1-3-10-24-17/h1,3,5-8,10,12-14,19H,2,4,9,11H2,(H2,22,25). The van der Waals surface area contributed by atoms with Gasteiger partial charge in [-0.25, -0.2) is 4.98 Å². The van der Waals surface area contributed by atoms with E-state index in [0.717, 1.165) is 37.1 Å². The van der Waals surface area contributed by atoms with Crippen molar-refractivity contribution < 1.29 is 4.79 Å². The van der Waals surface area contributed by atoms with Gasteiger partial charge in [0.15, 0.2) is 0 Å². The van der Waals surface area contributed by atoms with Gasteiger partial charge < -0.3 is 10.6 Å². The molecule has 1 fully saturated rings. The highest BCUT2D eigenvalue weighted by Gasteiger charge is 2.29. The Kier molecular flexibility index (Phi) is 4.78. The first-order chi connectivity index (χ1) is 13.2. The highest BCUT2D eigenvalue weighted by Crippen LogP contribution is 2.31. The molecule has 6 nitrogen and oxygen atoms in total. The van der Waals surface area contributed by atoms with Gasteiger partial charge >= 0.3 is 0 Å². The molecule has 0 spiro atoms. The summed E-state index contributed by atoms with van der Waals surface area (Å²) in [5.74, 6) is 0.375. The molecule has 3 aromatic rings. The third-order valence-corrected chi connectivity index (χ3v) is 4.85. The molecule has 1 atom stereocenters. The summed E-state index contributed by atoms with van der Waals surface area (Å²) in [6, 6.07) is 13.4. The van der Waals surface area contributed by atoms with E-state index in [1.54, 1.807) is 12.4 Å². The van der Waals surface area contributed by atoms with E-state index < -0.39 is 0 Å². The molecule has 1 aromatic carbocycles. The van der Waals surface area contributed by atoms with Gasteiger partial charge in [-0.2, -0.15) is 0 Å². The zero-order valence-corrected chi connectivity index (χ0v) is 15.0. The molecule has 136 valence electrons. The Morgan fingerprint density at radius 1 is 1.11 bits per heavy atom. The molecule has 2 aromatic heterocycles. The monoisotopic (exact) mass is 359 g/mol. The summed E-state index contributed by atoms with van der Waals surface area (Å²) in [4.78, 5) is 28.1. The fourth-order valence-corrected chi connectivity index (χ4v) is 3.55. The Balaban J connectivity index is 1.64. The topological polar surface area (TPSA) is 85.0 Å². The van der Waals surface area contributed by atoms with Crippen LogP contribution in [-0.4, -0.2) is 32.3 Å². The number of hydrogen-bond acceptors (Lipinski definition) is 5. The Hall–Kier alpha value is -3.28. The maximum atomic E-state index is 13.3. The minimum absolute atomic E-state index is 0.0169. The minimum atomic E-state index is 0.0169. The second kappa shape index (κ2) is 7.53. The maximum Gasteiger partial charge on any atom is 0.254 e. The highest BCUT2D eigenvalue weighted by molar-refractivity contribution is 5.95.